The van der Waals surface area contributed by atoms with Crippen molar-refractivity contribution >= 4 is 22.5 Å². The van der Waals surface area contributed by atoms with Crippen LogP contribution in [0.25, 0.3) is 0 Å². The van der Waals surface area contributed by atoms with E-state index < -0.39 is 33.9 Å². The number of nitrogens with zero attached hydrogens (tertiary/aromatic N) is 2. The molecule has 1 aliphatic heterocycles. The number of aromatic nitrogens is 1. The van der Waals surface area contributed by atoms with Gasteiger partial charge < -0.3 is 10.1 Å². The third-order valence-corrected chi connectivity index (χ3v) is 4.86. The average molecular weight is 370 g/mol. The Balaban J connectivity index is 2.11. The van der Waals surface area contributed by atoms with Gasteiger partial charge in [0, 0.05) is 25.2 Å². The molecule has 0 spiro atoms. The van der Waals surface area contributed by atoms with Crippen LogP contribution in [0.2, 0.25) is 0 Å². The number of nitrogens with one attached hydrogen (secondary N) is 2. The molecule has 138 valence electrons. The molecule has 2 atom stereocenters. The van der Waals surface area contributed by atoms with Crippen LogP contribution < -0.4 is 10.0 Å². The van der Waals surface area contributed by atoms with Gasteiger partial charge in [0.15, 0.2) is 5.03 Å². The Kier molecular flexibility index (Phi) is 5.63. The molecular weight excluding hydrogens is 348 g/mol. The van der Waals surface area contributed by atoms with Gasteiger partial charge in [0.05, 0.1) is 0 Å². The lowest BCUT2D eigenvalue weighted by atomic mass is 10.2. The molecule has 2 rings (SSSR count). The second-order valence-corrected chi connectivity index (χ2v) is 8.32. The quantitative estimate of drug-likeness (QED) is 0.726. The van der Waals surface area contributed by atoms with Gasteiger partial charge in [-0.2, -0.15) is 0 Å². The highest BCUT2D eigenvalue weighted by Crippen LogP contribution is 2.21. The van der Waals surface area contributed by atoms with E-state index in [2.05, 4.69) is 15.0 Å². The average Bonchev–Trinajstić information content (AvgIpc) is 2.89. The van der Waals surface area contributed by atoms with Gasteiger partial charge >= 0.3 is 6.09 Å². The van der Waals surface area contributed by atoms with Crippen molar-refractivity contribution in [1.29, 1.82) is 0 Å². The first-order chi connectivity index (χ1) is 11.6. The van der Waals surface area contributed by atoms with Crippen molar-refractivity contribution < 1.29 is 22.7 Å². The summed E-state index contributed by atoms with van der Waals surface area (Å²) in [7, 11) is -3.82. The molecule has 10 heteroatoms. The van der Waals surface area contributed by atoms with Gasteiger partial charge in [-0.3, -0.25) is 9.69 Å². The fraction of sp³-hybridized carbons (Fsp3) is 0.533. The predicted molar refractivity (Wildman–Crippen MR) is 88.9 cm³/mol. The van der Waals surface area contributed by atoms with E-state index in [9.17, 15) is 18.0 Å². The maximum Gasteiger partial charge on any atom is 0.411 e. The molecule has 1 aromatic rings. The second-order valence-electron chi connectivity index (χ2n) is 6.65. The van der Waals surface area contributed by atoms with Crippen LogP contribution in [0.15, 0.2) is 29.4 Å². The summed E-state index contributed by atoms with van der Waals surface area (Å²) in [4.78, 5) is 28.2. The first kappa shape index (κ1) is 19.1. The van der Waals surface area contributed by atoms with Gasteiger partial charge in [-0.05, 0) is 32.9 Å². The van der Waals surface area contributed by atoms with Crippen LogP contribution in [-0.2, 0) is 19.6 Å². The topological polar surface area (TPSA) is 118 Å². The summed E-state index contributed by atoms with van der Waals surface area (Å²) in [5.41, 5.74) is -0.700. The van der Waals surface area contributed by atoms with Crippen molar-refractivity contribution in [2.45, 2.75) is 50.0 Å². The number of carbonyl (C=O) groups excluding carboxylic acids is 2. The van der Waals surface area contributed by atoms with Gasteiger partial charge in [-0.25, -0.2) is 22.9 Å². The van der Waals surface area contributed by atoms with Crippen molar-refractivity contribution in [3.05, 3.63) is 24.4 Å². The van der Waals surface area contributed by atoms with Crippen molar-refractivity contribution in [2.24, 2.45) is 0 Å². The van der Waals surface area contributed by atoms with Crippen LogP contribution in [-0.4, -0.2) is 55.2 Å². The first-order valence-corrected chi connectivity index (χ1v) is 9.23. The second kappa shape index (κ2) is 7.36. The number of pyridine rings is 1. The minimum atomic E-state index is -3.82. The van der Waals surface area contributed by atoms with Gasteiger partial charge in [0.1, 0.15) is 11.8 Å². The monoisotopic (exact) mass is 370 g/mol. The SMILES string of the molecule is CC(C)(C)OC(=O)N1C[C@H](NS(=O)(=O)c2ccccn2)C[C@H]1NC=O. The molecule has 2 heterocycles. The van der Waals surface area contributed by atoms with Gasteiger partial charge in [-0.15, -0.1) is 0 Å². The number of carbonyl (C=O) groups is 2. The van der Waals surface area contributed by atoms with E-state index >= 15 is 0 Å². The third kappa shape index (κ3) is 5.13. The highest BCUT2D eigenvalue weighted by atomic mass is 32.2. The number of ether oxygens (including phenoxy) is 1. The number of amides is 2. The lowest BCUT2D eigenvalue weighted by molar-refractivity contribution is -0.110. The summed E-state index contributed by atoms with van der Waals surface area (Å²) in [6.07, 6.45) is 0.810. The van der Waals surface area contributed by atoms with Crippen molar-refractivity contribution in [2.75, 3.05) is 6.54 Å². The minimum absolute atomic E-state index is 0.0759. The molecule has 9 nitrogen and oxygen atoms in total. The molecule has 0 radical (unpaired) electrons. The molecule has 0 aromatic carbocycles. The predicted octanol–water partition coefficient (Wildman–Crippen LogP) is 0.441. The zero-order valence-electron chi connectivity index (χ0n) is 14.3. The minimum Gasteiger partial charge on any atom is -0.444 e. The van der Waals surface area contributed by atoms with Crippen molar-refractivity contribution in [1.82, 2.24) is 19.9 Å². The van der Waals surface area contributed by atoms with Crippen molar-refractivity contribution in [3.8, 4) is 0 Å². The molecule has 1 saturated heterocycles. The molecule has 0 aliphatic carbocycles. The molecule has 0 saturated carbocycles. The summed E-state index contributed by atoms with van der Waals surface area (Å²) in [5, 5.41) is 2.40. The molecule has 2 N–H and O–H groups in total. The number of likely N-dealkylation sites (tertiary alicyclic amines) is 1. The molecule has 1 fully saturated rings. The van der Waals surface area contributed by atoms with Crippen LogP contribution in [0.3, 0.4) is 0 Å². The summed E-state index contributed by atoms with van der Waals surface area (Å²) in [6, 6.07) is 3.99. The fourth-order valence-electron chi connectivity index (χ4n) is 2.47. The third-order valence-electron chi connectivity index (χ3n) is 3.42. The summed E-state index contributed by atoms with van der Waals surface area (Å²) in [5.74, 6) is 0. The van der Waals surface area contributed by atoms with Crippen LogP contribution in [0, 0.1) is 0 Å². The van der Waals surface area contributed by atoms with E-state index in [0.717, 1.165) is 0 Å². The Bertz CT molecular complexity index is 717. The Labute approximate surface area is 146 Å². The molecular formula is C15H22N4O5S. The van der Waals surface area contributed by atoms with Crippen LogP contribution in [0.4, 0.5) is 4.79 Å². The largest absolute Gasteiger partial charge is 0.444 e. The molecule has 2 amide bonds. The highest BCUT2D eigenvalue weighted by Gasteiger charge is 2.39. The number of rotatable bonds is 5. The van der Waals surface area contributed by atoms with Gasteiger partial charge in [0.25, 0.3) is 10.0 Å². The van der Waals surface area contributed by atoms with Crippen LogP contribution >= 0.6 is 0 Å². The maximum absolute atomic E-state index is 12.4. The summed E-state index contributed by atoms with van der Waals surface area (Å²) >= 11 is 0. The smallest absolute Gasteiger partial charge is 0.411 e. The summed E-state index contributed by atoms with van der Waals surface area (Å²) < 4.78 is 32.5. The summed E-state index contributed by atoms with van der Waals surface area (Å²) in [6.45, 7) is 5.26. The molecule has 25 heavy (non-hydrogen) atoms. The van der Waals surface area contributed by atoms with Crippen molar-refractivity contribution in [3.63, 3.8) is 0 Å². The normalized spacial score (nSPS) is 21.0. The zero-order chi connectivity index (χ0) is 18.7. The van der Waals surface area contributed by atoms with E-state index in [0.29, 0.717) is 6.41 Å². The van der Waals surface area contributed by atoms with E-state index in [4.69, 9.17) is 4.74 Å². The Morgan fingerprint density at radius 2 is 2.12 bits per heavy atom. The standard InChI is InChI=1S/C15H22N4O5S/c1-15(2,3)24-14(21)19-9-11(8-12(19)17-10-20)18-25(22,23)13-6-4-5-7-16-13/h4-7,10-12,18H,8-9H2,1-3H3,(H,17,20)/t11-,12+/m1/s1. The van der Waals surface area contributed by atoms with E-state index in [1.807, 2.05) is 0 Å². The number of hydrogen-bond acceptors (Lipinski definition) is 6. The van der Waals surface area contributed by atoms with Gasteiger partial charge in [0.2, 0.25) is 6.41 Å². The lowest BCUT2D eigenvalue weighted by Gasteiger charge is -2.28. The fourth-order valence-corrected chi connectivity index (χ4v) is 3.65. The van der Waals surface area contributed by atoms with E-state index in [-0.39, 0.29) is 18.0 Å². The highest BCUT2D eigenvalue weighted by molar-refractivity contribution is 7.89. The lowest BCUT2D eigenvalue weighted by Crippen LogP contribution is -2.46. The molecule has 1 aromatic heterocycles. The molecule has 0 unspecified atom stereocenters. The van der Waals surface area contributed by atoms with Gasteiger partial charge in [-0.1, -0.05) is 6.07 Å². The number of sulfonamides is 1. The van der Waals surface area contributed by atoms with E-state index in [1.165, 1.54) is 17.2 Å². The Hall–Kier alpha value is -2.20. The molecule has 0 bridgehead atoms. The van der Waals surface area contributed by atoms with Crippen LogP contribution in [0.1, 0.15) is 27.2 Å². The van der Waals surface area contributed by atoms with Crippen LogP contribution in [0.5, 0.6) is 0 Å². The Morgan fingerprint density at radius 1 is 1.40 bits per heavy atom. The zero-order valence-corrected chi connectivity index (χ0v) is 15.1. The molecule has 1 aliphatic rings. The first-order valence-electron chi connectivity index (χ1n) is 7.75. The number of hydrogen-bond donors (Lipinski definition) is 2. The van der Waals surface area contributed by atoms with E-state index in [1.54, 1.807) is 32.9 Å². The maximum atomic E-state index is 12.4. The Morgan fingerprint density at radius 3 is 2.68 bits per heavy atom.